The number of anilines is 2. The molecule has 0 saturated carbocycles. The third-order valence-corrected chi connectivity index (χ3v) is 10.6. The van der Waals surface area contributed by atoms with Gasteiger partial charge in [0, 0.05) is 78.1 Å². The van der Waals surface area contributed by atoms with E-state index in [2.05, 4.69) is 86.3 Å². The van der Waals surface area contributed by atoms with Crippen molar-refractivity contribution in [2.45, 2.75) is 44.3 Å². The highest BCUT2D eigenvalue weighted by Gasteiger charge is 2.34. The first-order valence-corrected chi connectivity index (χ1v) is 17.5. The second kappa shape index (κ2) is 15.1. The number of aliphatic hydroxyl groups is 2. The average Bonchev–Trinajstić information content (AvgIpc) is 3.55. The van der Waals surface area contributed by atoms with Crippen LogP contribution in [-0.2, 0) is 17.8 Å². The molecule has 4 heterocycles. The molecule has 2 N–H and O–H groups in total. The lowest BCUT2D eigenvalue weighted by molar-refractivity contribution is -0.128. The average molecular weight is 752 g/mol. The lowest BCUT2D eigenvalue weighted by Crippen LogP contribution is -2.55. The number of piperazine rings is 1. The Balaban J connectivity index is 1.31. The van der Waals surface area contributed by atoms with Gasteiger partial charge < -0.3 is 29.6 Å². The van der Waals surface area contributed by atoms with E-state index in [4.69, 9.17) is 14.7 Å². The maximum atomic E-state index is 12.6. The van der Waals surface area contributed by atoms with Crippen LogP contribution in [-0.4, -0.2) is 107 Å². The fraction of sp³-hybridized carbons (Fsp3) is 0.486. The monoisotopic (exact) mass is 751 g/mol. The summed E-state index contributed by atoms with van der Waals surface area (Å²) in [7, 11) is 0. The molecule has 3 aliphatic heterocycles. The molecule has 2 aromatic carbocycles. The molecule has 1 aromatic heterocycles. The number of fused-ring (bicyclic) bond motifs is 2. The Hall–Kier alpha value is -3.51. The van der Waals surface area contributed by atoms with E-state index in [9.17, 15) is 20.3 Å². The number of carbonyl (C=O) groups is 1. The lowest BCUT2D eigenvalue weighted by atomic mass is 10.0. The van der Waals surface area contributed by atoms with E-state index in [0.717, 1.165) is 49.4 Å². The molecule has 0 radical (unpaired) electrons. The number of aromatic nitrogens is 2. The normalized spacial score (nSPS) is 20.0. The number of hydrogen-bond donors (Lipinski definition) is 2. The minimum atomic E-state index is -0.273. The molecule has 11 nitrogen and oxygen atoms in total. The van der Waals surface area contributed by atoms with Crippen molar-refractivity contribution < 1.29 is 19.7 Å². The Bertz CT molecular complexity index is 1640. The fourth-order valence-corrected chi connectivity index (χ4v) is 7.99. The summed E-state index contributed by atoms with van der Waals surface area (Å²) < 4.78 is 7.59. The first-order valence-electron chi connectivity index (χ1n) is 16.4. The minimum Gasteiger partial charge on any atom is -0.462 e. The van der Waals surface area contributed by atoms with E-state index in [0.29, 0.717) is 45.3 Å². The standard InChI is InChI=1S/C35H42IN7O4/c1-2-32(46)43-17-16-42(19-26(43)11-13-37)34-28-12-15-41(31-10-4-7-25-6-3-9-29(36)33(25)31)20-30(28)38-35(39-34)47-23-27-8-5-14-40(27)18-24(21-44)22-45/h2-4,6-7,9-10,24,26-27,44-45H,1,5,8,11-12,14-23H2/t26-,27-/m0/s1. The topological polar surface area (TPSA) is 129 Å². The zero-order valence-electron chi connectivity index (χ0n) is 26.6. The molecule has 0 bridgehead atoms. The summed E-state index contributed by atoms with van der Waals surface area (Å²) in [5.74, 6) is 0.470. The Morgan fingerprint density at radius 2 is 1.91 bits per heavy atom. The van der Waals surface area contributed by atoms with Gasteiger partial charge in [-0.2, -0.15) is 15.2 Å². The van der Waals surface area contributed by atoms with Crippen molar-refractivity contribution in [1.82, 2.24) is 19.8 Å². The number of nitriles is 1. The highest BCUT2D eigenvalue weighted by atomic mass is 127. The van der Waals surface area contributed by atoms with Crippen LogP contribution in [0.3, 0.4) is 0 Å². The van der Waals surface area contributed by atoms with Crippen molar-refractivity contribution in [2.75, 3.05) is 68.9 Å². The molecule has 0 spiro atoms. The van der Waals surface area contributed by atoms with E-state index in [1.807, 2.05) is 0 Å². The van der Waals surface area contributed by atoms with Gasteiger partial charge in [0.1, 0.15) is 12.4 Å². The van der Waals surface area contributed by atoms with Gasteiger partial charge in [0.15, 0.2) is 0 Å². The number of halogens is 1. The van der Waals surface area contributed by atoms with Gasteiger partial charge in [-0.05, 0) is 72.0 Å². The summed E-state index contributed by atoms with van der Waals surface area (Å²) in [5, 5.41) is 31.3. The molecule has 1 amide bonds. The molecular weight excluding hydrogens is 709 g/mol. The number of ether oxygens (including phenoxy) is 1. The molecule has 12 heteroatoms. The lowest BCUT2D eigenvalue weighted by Gasteiger charge is -2.42. The van der Waals surface area contributed by atoms with Crippen LogP contribution in [0.25, 0.3) is 10.8 Å². The van der Waals surface area contributed by atoms with Crippen LogP contribution in [0.4, 0.5) is 11.5 Å². The van der Waals surface area contributed by atoms with Crippen LogP contribution in [0.15, 0.2) is 49.1 Å². The summed E-state index contributed by atoms with van der Waals surface area (Å²) in [5.41, 5.74) is 3.18. The van der Waals surface area contributed by atoms with Gasteiger partial charge in [0.2, 0.25) is 5.91 Å². The van der Waals surface area contributed by atoms with Crippen LogP contribution >= 0.6 is 22.6 Å². The van der Waals surface area contributed by atoms with Gasteiger partial charge in [-0.15, -0.1) is 0 Å². The Morgan fingerprint density at radius 1 is 1.11 bits per heavy atom. The quantitative estimate of drug-likeness (QED) is 0.223. The highest BCUT2D eigenvalue weighted by molar-refractivity contribution is 14.1. The number of hydrogen-bond acceptors (Lipinski definition) is 10. The third-order valence-electron chi connectivity index (χ3n) is 9.68. The maximum absolute atomic E-state index is 12.6. The SMILES string of the molecule is C=CC(=O)N1CCN(c2nc(OC[C@@H]3CCCN3CC(CO)CO)nc3c2CCN(c2cccc4cccc(I)c24)C3)C[C@@H]1CC#N. The predicted octanol–water partition coefficient (Wildman–Crippen LogP) is 3.36. The number of aliphatic hydroxyl groups excluding tert-OH is 2. The van der Waals surface area contributed by atoms with Crippen LogP contribution in [0.1, 0.15) is 30.5 Å². The molecule has 3 aromatic rings. The summed E-state index contributed by atoms with van der Waals surface area (Å²) >= 11 is 2.41. The molecule has 3 aliphatic rings. The first kappa shape index (κ1) is 33.4. The second-order valence-corrected chi connectivity index (χ2v) is 13.7. The van der Waals surface area contributed by atoms with Gasteiger partial charge >= 0.3 is 6.01 Å². The van der Waals surface area contributed by atoms with Crippen molar-refractivity contribution in [3.63, 3.8) is 0 Å². The van der Waals surface area contributed by atoms with E-state index in [-0.39, 0.29) is 43.5 Å². The largest absolute Gasteiger partial charge is 0.462 e. The number of carbonyl (C=O) groups excluding carboxylic acids is 1. The molecule has 0 unspecified atom stereocenters. The summed E-state index contributed by atoms with van der Waals surface area (Å²) in [6, 6.07) is 15.3. The maximum Gasteiger partial charge on any atom is 0.318 e. The minimum absolute atomic E-state index is 0.0530. The molecule has 47 heavy (non-hydrogen) atoms. The van der Waals surface area contributed by atoms with Gasteiger partial charge in [-0.1, -0.05) is 30.8 Å². The summed E-state index contributed by atoms with van der Waals surface area (Å²) in [6.07, 6.45) is 4.28. The summed E-state index contributed by atoms with van der Waals surface area (Å²) in [4.78, 5) is 31.2. The van der Waals surface area contributed by atoms with Crippen LogP contribution in [0.2, 0.25) is 0 Å². The second-order valence-electron chi connectivity index (χ2n) is 12.6. The van der Waals surface area contributed by atoms with Gasteiger partial charge in [-0.25, -0.2) is 0 Å². The number of amides is 1. The van der Waals surface area contributed by atoms with Crippen molar-refractivity contribution in [3.8, 4) is 12.1 Å². The van der Waals surface area contributed by atoms with E-state index < -0.39 is 0 Å². The van der Waals surface area contributed by atoms with Crippen LogP contribution < -0.4 is 14.5 Å². The first-order chi connectivity index (χ1) is 22.9. The Labute approximate surface area is 289 Å². The molecular formula is C35H42IN7O4. The number of nitrogens with zero attached hydrogens (tertiary/aromatic N) is 7. The van der Waals surface area contributed by atoms with E-state index in [1.165, 1.54) is 26.1 Å². The van der Waals surface area contributed by atoms with E-state index >= 15 is 0 Å². The van der Waals surface area contributed by atoms with E-state index in [1.54, 1.807) is 4.90 Å². The summed E-state index contributed by atoms with van der Waals surface area (Å²) in [6.45, 7) is 8.42. The molecule has 2 atom stereocenters. The van der Waals surface area contributed by atoms with Crippen molar-refractivity contribution in [3.05, 3.63) is 63.9 Å². The number of likely N-dealkylation sites (tertiary alicyclic amines) is 1. The van der Waals surface area contributed by atoms with Gasteiger partial charge in [-0.3, -0.25) is 9.69 Å². The Morgan fingerprint density at radius 3 is 2.68 bits per heavy atom. The number of benzene rings is 2. The molecule has 248 valence electrons. The third kappa shape index (κ3) is 7.18. The van der Waals surface area contributed by atoms with Crippen molar-refractivity contribution >= 4 is 50.8 Å². The zero-order valence-corrected chi connectivity index (χ0v) is 28.8. The molecule has 2 saturated heterocycles. The fourth-order valence-electron chi connectivity index (χ4n) is 7.19. The van der Waals surface area contributed by atoms with Gasteiger partial charge in [0.05, 0.1) is 30.8 Å². The van der Waals surface area contributed by atoms with Gasteiger partial charge in [0.25, 0.3) is 0 Å². The molecule has 6 rings (SSSR count). The molecule has 0 aliphatic carbocycles. The Kier molecular flexibility index (Phi) is 10.8. The predicted molar refractivity (Wildman–Crippen MR) is 189 cm³/mol. The van der Waals surface area contributed by atoms with Crippen LogP contribution in [0, 0.1) is 20.8 Å². The van der Waals surface area contributed by atoms with Crippen LogP contribution in [0.5, 0.6) is 6.01 Å². The van der Waals surface area contributed by atoms with Crippen molar-refractivity contribution in [1.29, 1.82) is 5.26 Å². The van der Waals surface area contributed by atoms with Crippen molar-refractivity contribution in [2.24, 2.45) is 5.92 Å². The smallest absolute Gasteiger partial charge is 0.318 e. The zero-order chi connectivity index (χ0) is 32.9. The number of rotatable bonds is 11. The highest BCUT2D eigenvalue weighted by Crippen LogP contribution is 2.36. The molecule has 2 fully saturated rings.